The molecule has 18 heavy (non-hydrogen) atoms. The summed E-state index contributed by atoms with van der Waals surface area (Å²) in [4.78, 5) is 14.9. The Hall–Kier alpha value is -0.910. The zero-order valence-electron chi connectivity index (χ0n) is 10.8. The van der Waals surface area contributed by atoms with Crippen LogP contribution in [0, 0.1) is 0 Å². The van der Waals surface area contributed by atoms with Gasteiger partial charge in [-0.15, -0.1) is 11.3 Å². The van der Waals surface area contributed by atoms with Crippen LogP contribution in [0.3, 0.4) is 0 Å². The standard InChI is InChI=1S/C13H20N2O2S/c1-3-14-13(17)12-9(5-7-18-12)10-8-15(2)6-4-11(10)16/h5,7,10-11,16H,3-4,6,8H2,1-2H3,(H,14,17). The first-order valence-electron chi connectivity index (χ1n) is 6.35. The van der Waals surface area contributed by atoms with E-state index in [1.54, 1.807) is 0 Å². The van der Waals surface area contributed by atoms with Crippen molar-refractivity contribution in [2.24, 2.45) is 0 Å². The Bertz CT molecular complexity index is 419. The van der Waals surface area contributed by atoms with Crippen LogP contribution in [0.1, 0.15) is 34.5 Å². The normalized spacial score (nSPS) is 25.1. The lowest BCUT2D eigenvalue weighted by Gasteiger charge is -2.34. The van der Waals surface area contributed by atoms with Crippen molar-refractivity contribution in [3.63, 3.8) is 0 Å². The molecule has 0 spiro atoms. The third kappa shape index (κ3) is 2.74. The van der Waals surface area contributed by atoms with Gasteiger partial charge in [0.05, 0.1) is 11.0 Å². The monoisotopic (exact) mass is 268 g/mol. The maximum absolute atomic E-state index is 12.0. The van der Waals surface area contributed by atoms with Crippen LogP contribution in [0.15, 0.2) is 11.4 Å². The van der Waals surface area contributed by atoms with Crippen LogP contribution in [0.4, 0.5) is 0 Å². The van der Waals surface area contributed by atoms with Gasteiger partial charge >= 0.3 is 0 Å². The third-order valence-corrected chi connectivity index (χ3v) is 4.35. The number of likely N-dealkylation sites (N-methyl/N-ethyl adjacent to an activating group) is 1. The minimum Gasteiger partial charge on any atom is -0.392 e. The fraction of sp³-hybridized carbons (Fsp3) is 0.615. The molecule has 1 saturated heterocycles. The number of nitrogens with one attached hydrogen (secondary N) is 1. The second kappa shape index (κ2) is 5.82. The summed E-state index contributed by atoms with van der Waals surface area (Å²) in [6.45, 7) is 4.26. The van der Waals surface area contributed by atoms with Crippen molar-refractivity contribution in [1.82, 2.24) is 10.2 Å². The molecule has 2 atom stereocenters. The molecule has 2 rings (SSSR count). The van der Waals surface area contributed by atoms with Crippen LogP contribution in [-0.2, 0) is 0 Å². The smallest absolute Gasteiger partial charge is 0.261 e. The molecule has 1 aliphatic heterocycles. The van der Waals surface area contributed by atoms with Crippen molar-refractivity contribution in [3.8, 4) is 0 Å². The van der Waals surface area contributed by atoms with Gasteiger partial charge in [-0.1, -0.05) is 0 Å². The van der Waals surface area contributed by atoms with E-state index in [9.17, 15) is 9.90 Å². The number of carbonyl (C=O) groups excluding carboxylic acids is 1. The SMILES string of the molecule is CCNC(=O)c1sccc1C1CN(C)CCC1O. The summed E-state index contributed by atoms with van der Waals surface area (Å²) in [5.74, 6) is 0.0236. The summed E-state index contributed by atoms with van der Waals surface area (Å²) in [5.41, 5.74) is 0.991. The molecule has 0 aliphatic carbocycles. The Morgan fingerprint density at radius 1 is 1.67 bits per heavy atom. The first-order valence-corrected chi connectivity index (χ1v) is 7.23. The Morgan fingerprint density at radius 3 is 3.17 bits per heavy atom. The molecule has 2 N–H and O–H groups in total. The van der Waals surface area contributed by atoms with Crippen LogP contribution in [0.5, 0.6) is 0 Å². The van der Waals surface area contributed by atoms with Gasteiger partial charge in [-0.05, 0) is 37.4 Å². The summed E-state index contributed by atoms with van der Waals surface area (Å²) < 4.78 is 0. The average molecular weight is 268 g/mol. The van der Waals surface area contributed by atoms with Crippen molar-refractivity contribution < 1.29 is 9.90 Å². The van der Waals surface area contributed by atoms with Crippen molar-refractivity contribution in [2.75, 3.05) is 26.7 Å². The summed E-state index contributed by atoms with van der Waals surface area (Å²) in [6, 6.07) is 1.97. The zero-order valence-corrected chi connectivity index (χ0v) is 11.7. The second-order valence-electron chi connectivity index (χ2n) is 4.79. The van der Waals surface area contributed by atoms with E-state index in [0.29, 0.717) is 6.54 Å². The third-order valence-electron chi connectivity index (χ3n) is 3.42. The number of aliphatic hydroxyl groups is 1. The summed E-state index contributed by atoms with van der Waals surface area (Å²) in [7, 11) is 2.05. The minimum atomic E-state index is -0.344. The average Bonchev–Trinajstić information content (AvgIpc) is 2.81. The Kier molecular flexibility index (Phi) is 4.37. The molecule has 1 fully saturated rings. The first kappa shape index (κ1) is 13.5. The van der Waals surface area contributed by atoms with Gasteiger partial charge in [0.1, 0.15) is 0 Å². The maximum atomic E-state index is 12.0. The molecule has 1 aliphatic rings. The predicted molar refractivity (Wildman–Crippen MR) is 73.2 cm³/mol. The number of likely N-dealkylation sites (tertiary alicyclic amines) is 1. The van der Waals surface area contributed by atoms with Crippen molar-refractivity contribution in [3.05, 3.63) is 21.9 Å². The van der Waals surface area contributed by atoms with E-state index in [4.69, 9.17) is 0 Å². The molecule has 0 bridgehead atoms. The van der Waals surface area contributed by atoms with E-state index in [1.807, 2.05) is 18.4 Å². The number of amides is 1. The highest BCUT2D eigenvalue weighted by molar-refractivity contribution is 7.12. The van der Waals surface area contributed by atoms with Crippen LogP contribution < -0.4 is 5.32 Å². The number of hydrogen-bond donors (Lipinski definition) is 2. The molecular weight excluding hydrogens is 248 g/mol. The number of rotatable bonds is 3. The van der Waals surface area contributed by atoms with Gasteiger partial charge in [-0.3, -0.25) is 4.79 Å². The number of aliphatic hydroxyl groups excluding tert-OH is 1. The fourth-order valence-corrected chi connectivity index (χ4v) is 3.33. The van der Waals surface area contributed by atoms with E-state index in [0.717, 1.165) is 30.0 Å². The van der Waals surface area contributed by atoms with Crippen molar-refractivity contribution >= 4 is 17.2 Å². The highest BCUT2D eigenvalue weighted by Crippen LogP contribution is 2.32. The number of piperidine rings is 1. The minimum absolute atomic E-state index is 0.0251. The zero-order chi connectivity index (χ0) is 13.1. The summed E-state index contributed by atoms with van der Waals surface area (Å²) in [6.07, 6.45) is 0.426. The maximum Gasteiger partial charge on any atom is 0.261 e. The lowest BCUT2D eigenvalue weighted by Crippen LogP contribution is -2.40. The number of thiophene rings is 1. The Labute approximate surface area is 112 Å². The molecule has 2 unspecified atom stereocenters. The molecule has 4 nitrogen and oxygen atoms in total. The molecule has 1 amide bonds. The molecule has 1 aromatic heterocycles. The van der Waals surface area contributed by atoms with Gasteiger partial charge < -0.3 is 15.3 Å². The Balaban J connectivity index is 2.22. The molecule has 2 heterocycles. The van der Waals surface area contributed by atoms with E-state index in [2.05, 4.69) is 17.3 Å². The van der Waals surface area contributed by atoms with Crippen molar-refractivity contribution in [2.45, 2.75) is 25.4 Å². The number of carbonyl (C=O) groups is 1. The molecule has 1 aromatic rings. The summed E-state index contributed by atoms with van der Waals surface area (Å²) in [5, 5.41) is 14.9. The first-order chi connectivity index (χ1) is 8.63. The lowest BCUT2D eigenvalue weighted by molar-refractivity contribution is 0.0704. The molecule has 0 saturated carbocycles. The molecule has 0 radical (unpaired) electrons. The van der Waals surface area contributed by atoms with Gasteiger partial charge in [-0.25, -0.2) is 0 Å². The van der Waals surface area contributed by atoms with E-state index < -0.39 is 0 Å². The van der Waals surface area contributed by atoms with E-state index in [1.165, 1.54) is 11.3 Å². The van der Waals surface area contributed by atoms with Gasteiger partial charge in [0.2, 0.25) is 0 Å². The van der Waals surface area contributed by atoms with E-state index >= 15 is 0 Å². The fourth-order valence-electron chi connectivity index (χ4n) is 2.44. The summed E-state index contributed by atoms with van der Waals surface area (Å²) >= 11 is 1.45. The van der Waals surface area contributed by atoms with Crippen LogP contribution in [-0.4, -0.2) is 48.7 Å². The van der Waals surface area contributed by atoms with Crippen LogP contribution in [0.25, 0.3) is 0 Å². The number of hydrogen-bond acceptors (Lipinski definition) is 4. The van der Waals surface area contributed by atoms with E-state index in [-0.39, 0.29) is 17.9 Å². The molecule has 5 heteroatoms. The molecule has 0 aromatic carbocycles. The lowest BCUT2D eigenvalue weighted by atomic mass is 9.88. The number of nitrogens with zero attached hydrogens (tertiary/aromatic N) is 1. The quantitative estimate of drug-likeness (QED) is 0.868. The second-order valence-corrected chi connectivity index (χ2v) is 5.71. The van der Waals surface area contributed by atoms with Gasteiger partial charge in [0, 0.05) is 25.6 Å². The largest absolute Gasteiger partial charge is 0.392 e. The van der Waals surface area contributed by atoms with Gasteiger partial charge in [0.15, 0.2) is 0 Å². The molecule has 100 valence electrons. The van der Waals surface area contributed by atoms with Crippen molar-refractivity contribution in [1.29, 1.82) is 0 Å². The highest BCUT2D eigenvalue weighted by atomic mass is 32.1. The van der Waals surface area contributed by atoms with Gasteiger partial charge in [-0.2, -0.15) is 0 Å². The van der Waals surface area contributed by atoms with Crippen LogP contribution in [0.2, 0.25) is 0 Å². The predicted octanol–water partition coefficient (Wildman–Crippen LogP) is 1.28. The highest BCUT2D eigenvalue weighted by Gasteiger charge is 2.30. The van der Waals surface area contributed by atoms with Crippen LogP contribution >= 0.6 is 11.3 Å². The topological polar surface area (TPSA) is 52.6 Å². The molecular formula is C13H20N2O2S. The van der Waals surface area contributed by atoms with Gasteiger partial charge in [0.25, 0.3) is 5.91 Å². The Morgan fingerprint density at radius 2 is 2.44 bits per heavy atom.